The van der Waals surface area contributed by atoms with Crippen LogP contribution in [-0.2, 0) is 4.74 Å². The maximum Gasteiger partial charge on any atom is 0.376 e. The number of benzene rings is 1. The van der Waals surface area contributed by atoms with Crippen LogP contribution in [0.25, 0.3) is 11.0 Å². The van der Waals surface area contributed by atoms with Crippen molar-refractivity contribution in [2.45, 2.75) is 57.6 Å². The van der Waals surface area contributed by atoms with E-state index in [1.807, 2.05) is 24.3 Å². The van der Waals surface area contributed by atoms with E-state index in [9.17, 15) is 14.6 Å². The molecule has 2 fully saturated rings. The Balaban J connectivity index is 1.81. The summed E-state index contributed by atoms with van der Waals surface area (Å²) < 4.78 is 6.78. The molecule has 4 rings (SSSR count). The average molecular weight is 369 g/mol. The first kappa shape index (κ1) is 18.2. The molecule has 2 aromatic rings. The fourth-order valence-electron chi connectivity index (χ4n) is 4.85. The number of ether oxygens (including phenoxy) is 1. The lowest BCUT2D eigenvalue weighted by atomic mass is 9.78. The maximum absolute atomic E-state index is 13.2. The SMILES string of the molecule is CCOC(=O)c1nc2ccccc2n([C@H]2C[C@H]3CC[C@@H](C2)N3B(C)O)c1=O. The third kappa shape index (κ3) is 3.06. The summed E-state index contributed by atoms with van der Waals surface area (Å²) in [5.41, 5.74) is 0.818. The molecular weight excluding hydrogens is 345 g/mol. The molecule has 0 unspecified atom stereocenters. The van der Waals surface area contributed by atoms with Gasteiger partial charge in [-0.25, -0.2) is 9.78 Å². The number of esters is 1. The van der Waals surface area contributed by atoms with Crippen LogP contribution in [-0.4, -0.2) is 51.1 Å². The molecule has 27 heavy (non-hydrogen) atoms. The first-order valence-electron chi connectivity index (χ1n) is 9.65. The van der Waals surface area contributed by atoms with Crippen molar-refractivity contribution in [3.05, 3.63) is 40.3 Å². The summed E-state index contributed by atoms with van der Waals surface area (Å²) in [4.78, 5) is 31.9. The molecule has 7 nitrogen and oxygen atoms in total. The van der Waals surface area contributed by atoms with E-state index in [4.69, 9.17) is 4.74 Å². The number of aromatic nitrogens is 2. The number of nitrogens with zero attached hydrogens (tertiary/aromatic N) is 3. The molecule has 0 spiro atoms. The fraction of sp³-hybridized carbons (Fsp3) is 0.526. The van der Waals surface area contributed by atoms with Crippen molar-refractivity contribution >= 4 is 24.1 Å². The number of rotatable bonds is 4. The number of para-hydroxylation sites is 2. The number of hydrogen-bond donors (Lipinski definition) is 1. The average Bonchev–Trinajstić information content (AvgIpc) is 2.92. The summed E-state index contributed by atoms with van der Waals surface area (Å²) >= 11 is 0. The maximum atomic E-state index is 13.2. The second-order valence-electron chi connectivity index (χ2n) is 7.43. The Morgan fingerprint density at radius 1 is 1.26 bits per heavy atom. The second kappa shape index (κ2) is 7.09. The van der Waals surface area contributed by atoms with Crippen LogP contribution in [0.4, 0.5) is 0 Å². The van der Waals surface area contributed by atoms with E-state index in [1.54, 1.807) is 18.3 Å². The Morgan fingerprint density at radius 2 is 1.93 bits per heavy atom. The van der Waals surface area contributed by atoms with Gasteiger partial charge in [0.25, 0.3) is 5.56 Å². The van der Waals surface area contributed by atoms with Crippen LogP contribution in [0.2, 0.25) is 6.82 Å². The first-order valence-corrected chi connectivity index (χ1v) is 9.65. The highest BCUT2D eigenvalue weighted by molar-refractivity contribution is 6.45. The number of carbonyl (C=O) groups excluding carboxylic acids is 1. The zero-order valence-corrected chi connectivity index (χ0v) is 15.7. The fourth-order valence-corrected chi connectivity index (χ4v) is 4.85. The minimum absolute atomic E-state index is 0.0222. The van der Waals surface area contributed by atoms with Gasteiger partial charge in [-0.1, -0.05) is 12.1 Å². The van der Waals surface area contributed by atoms with E-state index in [0.717, 1.165) is 31.2 Å². The number of carbonyl (C=O) groups is 1. The second-order valence-corrected chi connectivity index (χ2v) is 7.43. The van der Waals surface area contributed by atoms with Crippen molar-refractivity contribution in [1.29, 1.82) is 0 Å². The molecule has 2 saturated heterocycles. The van der Waals surface area contributed by atoms with Crippen molar-refractivity contribution in [3.8, 4) is 0 Å². The van der Waals surface area contributed by atoms with Crippen molar-refractivity contribution in [2.75, 3.05) is 6.61 Å². The van der Waals surface area contributed by atoms with Crippen LogP contribution in [0.5, 0.6) is 0 Å². The largest absolute Gasteiger partial charge is 0.461 e. The number of hydrogen-bond acceptors (Lipinski definition) is 6. The molecule has 142 valence electrons. The molecule has 0 amide bonds. The zero-order chi connectivity index (χ0) is 19.1. The van der Waals surface area contributed by atoms with Crippen LogP contribution < -0.4 is 5.56 Å². The van der Waals surface area contributed by atoms with Gasteiger partial charge in [-0.3, -0.25) is 4.79 Å². The molecule has 0 saturated carbocycles. The van der Waals surface area contributed by atoms with Gasteiger partial charge in [0.15, 0.2) is 0 Å². The summed E-state index contributed by atoms with van der Waals surface area (Å²) in [6.07, 6.45) is 3.60. The van der Waals surface area contributed by atoms with E-state index in [0.29, 0.717) is 5.52 Å². The molecule has 8 heteroatoms. The van der Waals surface area contributed by atoms with Gasteiger partial charge in [-0.15, -0.1) is 0 Å². The highest BCUT2D eigenvalue weighted by Crippen LogP contribution is 2.41. The standard InChI is InChI=1S/C19H24BN3O4/c1-3-27-19(25)17-18(24)22(16-7-5-4-6-15(16)21-17)14-10-12-8-9-13(11-14)23(12)20(2)26/h4-7,12-14,26H,3,8-11H2,1-2H3/t12-,13+,14+. The Bertz CT molecular complexity index is 915. The van der Waals surface area contributed by atoms with Gasteiger partial charge < -0.3 is 19.1 Å². The molecule has 0 radical (unpaired) electrons. The Kier molecular flexibility index (Phi) is 4.78. The lowest BCUT2D eigenvalue weighted by Crippen LogP contribution is -2.51. The van der Waals surface area contributed by atoms with E-state index < -0.39 is 13.0 Å². The Labute approximate surface area is 158 Å². The van der Waals surface area contributed by atoms with Crippen molar-refractivity contribution < 1.29 is 14.6 Å². The topological polar surface area (TPSA) is 84.7 Å². The van der Waals surface area contributed by atoms with E-state index in [2.05, 4.69) is 9.79 Å². The van der Waals surface area contributed by atoms with Gasteiger partial charge in [-0.05, 0) is 51.6 Å². The lowest BCUT2D eigenvalue weighted by Gasteiger charge is -2.40. The summed E-state index contributed by atoms with van der Waals surface area (Å²) in [5, 5.41) is 10.1. The monoisotopic (exact) mass is 369 g/mol. The van der Waals surface area contributed by atoms with E-state index in [1.165, 1.54) is 0 Å². The predicted octanol–water partition coefficient (Wildman–Crippen LogP) is 1.85. The lowest BCUT2D eigenvalue weighted by molar-refractivity contribution is 0.0516. The molecule has 0 aliphatic carbocycles. The quantitative estimate of drug-likeness (QED) is 0.654. The van der Waals surface area contributed by atoms with Crippen LogP contribution in [0.15, 0.2) is 29.1 Å². The predicted molar refractivity (Wildman–Crippen MR) is 103 cm³/mol. The zero-order valence-electron chi connectivity index (χ0n) is 15.7. The Hall–Kier alpha value is -2.19. The van der Waals surface area contributed by atoms with Gasteiger partial charge in [0.1, 0.15) is 0 Å². The van der Waals surface area contributed by atoms with Crippen LogP contribution >= 0.6 is 0 Å². The molecule has 3 heterocycles. The summed E-state index contributed by atoms with van der Waals surface area (Å²) in [6.45, 7) is 3.71. The molecule has 2 aliphatic rings. The van der Waals surface area contributed by atoms with Gasteiger partial charge in [0.2, 0.25) is 5.69 Å². The van der Waals surface area contributed by atoms with E-state index >= 15 is 0 Å². The minimum atomic E-state index is -0.675. The molecular formula is C19H24BN3O4. The molecule has 1 N–H and O–H groups in total. The van der Waals surface area contributed by atoms with Gasteiger partial charge in [0.05, 0.1) is 17.6 Å². The number of fused-ring (bicyclic) bond motifs is 3. The number of piperidine rings is 1. The van der Waals surface area contributed by atoms with Crippen molar-refractivity contribution in [1.82, 2.24) is 14.4 Å². The van der Waals surface area contributed by atoms with Crippen molar-refractivity contribution in [3.63, 3.8) is 0 Å². The first-order chi connectivity index (χ1) is 13.0. The molecule has 1 aromatic heterocycles. The minimum Gasteiger partial charge on any atom is -0.461 e. The van der Waals surface area contributed by atoms with Crippen LogP contribution in [0.3, 0.4) is 0 Å². The van der Waals surface area contributed by atoms with E-state index in [-0.39, 0.29) is 36.0 Å². The summed E-state index contributed by atoms with van der Waals surface area (Å²) in [7, 11) is -0.482. The van der Waals surface area contributed by atoms with Gasteiger partial charge >= 0.3 is 13.0 Å². The Morgan fingerprint density at radius 3 is 2.56 bits per heavy atom. The molecule has 3 atom stereocenters. The van der Waals surface area contributed by atoms with Gasteiger partial charge in [0, 0.05) is 18.1 Å². The third-order valence-corrected chi connectivity index (χ3v) is 5.82. The summed E-state index contributed by atoms with van der Waals surface area (Å²) in [6, 6.07) is 7.89. The van der Waals surface area contributed by atoms with Crippen LogP contribution in [0, 0.1) is 0 Å². The van der Waals surface area contributed by atoms with Gasteiger partial charge in [-0.2, -0.15) is 0 Å². The third-order valence-electron chi connectivity index (χ3n) is 5.82. The normalized spacial score (nSPS) is 24.9. The smallest absolute Gasteiger partial charge is 0.376 e. The molecule has 2 aliphatic heterocycles. The molecule has 2 bridgehead atoms. The highest BCUT2D eigenvalue weighted by atomic mass is 16.5. The summed E-state index contributed by atoms with van der Waals surface area (Å²) in [5.74, 6) is -0.675. The highest BCUT2D eigenvalue weighted by Gasteiger charge is 2.44. The molecule has 1 aromatic carbocycles. The van der Waals surface area contributed by atoms with Crippen molar-refractivity contribution in [2.24, 2.45) is 0 Å². The van der Waals surface area contributed by atoms with Crippen LogP contribution in [0.1, 0.15) is 49.1 Å².